The monoisotopic (exact) mass is 440 g/mol. The summed E-state index contributed by atoms with van der Waals surface area (Å²) in [5.41, 5.74) is 0.841. The van der Waals surface area contributed by atoms with Gasteiger partial charge in [0.05, 0.1) is 18.6 Å². The number of benzene rings is 1. The molecule has 0 unspecified atom stereocenters. The molecule has 4 rings (SSSR count). The van der Waals surface area contributed by atoms with E-state index in [-0.39, 0.29) is 30.3 Å². The highest BCUT2D eigenvalue weighted by Crippen LogP contribution is 2.39. The second-order valence-electron chi connectivity index (χ2n) is 7.24. The topological polar surface area (TPSA) is 75.7 Å². The maximum Gasteiger partial charge on any atom is 0.250 e. The van der Waals surface area contributed by atoms with Crippen molar-refractivity contribution in [1.29, 1.82) is 0 Å². The number of hydrogen-bond acceptors (Lipinski definition) is 5. The standard InChI is InChI=1S/C19H21ClN2O4S2/c1-26-17-5-4-12(7-15(17)20)8-18(23)22-11-13-9-14(22)10-16(13)21-28(24,25)19-3-2-6-27-19/h2-7,13-14,16,21H,8-11H2,1H3/t13-,14-,16-/m0/s1. The molecule has 28 heavy (non-hydrogen) atoms. The van der Waals surface area contributed by atoms with Gasteiger partial charge in [0.2, 0.25) is 15.9 Å². The molecule has 0 radical (unpaired) electrons. The molecule has 1 aliphatic carbocycles. The van der Waals surface area contributed by atoms with Gasteiger partial charge in [-0.1, -0.05) is 23.7 Å². The van der Waals surface area contributed by atoms with Gasteiger partial charge in [0, 0.05) is 18.6 Å². The van der Waals surface area contributed by atoms with Crippen LogP contribution in [0.3, 0.4) is 0 Å². The molecule has 2 aliphatic rings. The Morgan fingerprint density at radius 2 is 2.18 bits per heavy atom. The van der Waals surface area contributed by atoms with Crippen LogP contribution < -0.4 is 9.46 Å². The number of sulfonamides is 1. The number of rotatable bonds is 6. The number of ether oxygens (including phenoxy) is 1. The van der Waals surface area contributed by atoms with Crippen molar-refractivity contribution in [3.63, 3.8) is 0 Å². The van der Waals surface area contributed by atoms with Crippen LogP contribution in [0.15, 0.2) is 39.9 Å². The Kier molecular flexibility index (Phi) is 5.39. The molecule has 1 aromatic carbocycles. The van der Waals surface area contributed by atoms with Gasteiger partial charge in [0.15, 0.2) is 0 Å². The highest BCUT2D eigenvalue weighted by atomic mass is 35.5. The van der Waals surface area contributed by atoms with Crippen molar-refractivity contribution in [1.82, 2.24) is 9.62 Å². The van der Waals surface area contributed by atoms with Crippen LogP contribution in [-0.4, -0.2) is 45.0 Å². The average molecular weight is 441 g/mol. The Labute approximate surface area is 173 Å². The lowest BCUT2D eigenvalue weighted by Gasteiger charge is -2.32. The Morgan fingerprint density at radius 1 is 1.36 bits per heavy atom. The first-order chi connectivity index (χ1) is 13.4. The van der Waals surface area contributed by atoms with Gasteiger partial charge in [-0.3, -0.25) is 4.79 Å². The maximum absolute atomic E-state index is 12.8. The summed E-state index contributed by atoms with van der Waals surface area (Å²) in [6.45, 7) is 0.588. The predicted molar refractivity (Wildman–Crippen MR) is 108 cm³/mol. The number of halogens is 1. The third-order valence-electron chi connectivity index (χ3n) is 5.50. The molecular weight excluding hydrogens is 420 g/mol. The lowest BCUT2D eigenvalue weighted by molar-refractivity contribution is -0.132. The minimum Gasteiger partial charge on any atom is -0.495 e. The van der Waals surface area contributed by atoms with E-state index in [0.717, 1.165) is 12.0 Å². The second-order valence-corrected chi connectivity index (χ2v) is 10.5. The fourth-order valence-electron chi connectivity index (χ4n) is 4.17. The first-order valence-corrected chi connectivity index (χ1v) is 11.8. The van der Waals surface area contributed by atoms with Gasteiger partial charge in [0.25, 0.3) is 0 Å². The molecule has 1 N–H and O–H groups in total. The number of likely N-dealkylation sites (tertiary alicyclic amines) is 1. The first-order valence-electron chi connectivity index (χ1n) is 9.05. The SMILES string of the molecule is COc1ccc(CC(=O)N2C[C@@H]3C[C@H]2C[C@@H]3NS(=O)(=O)c2cccs2)cc1Cl. The average Bonchev–Trinajstić information content (AvgIpc) is 3.38. The van der Waals surface area contributed by atoms with E-state index in [1.54, 1.807) is 36.8 Å². The van der Waals surface area contributed by atoms with Crippen LogP contribution in [0.2, 0.25) is 5.02 Å². The van der Waals surface area contributed by atoms with Gasteiger partial charge >= 0.3 is 0 Å². The summed E-state index contributed by atoms with van der Waals surface area (Å²) >= 11 is 7.35. The summed E-state index contributed by atoms with van der Waals surface area (Å²) < 4.78 is 33.2. The van der Waals surface area contributed by atoms with Gasteiger partial charge in [-0.2, -0.15) is 0 Å². The van der Waals surface area contributed by atoms with E-state index in [2.05, 4.69) is 4.72 Å². The van der Waals surface area contributed by atoms with Crippen molar-refractivity contribution in [2.24, 2.45) is 5.92 Å². The third kappa shape index (κ3) is 3.78. The molecule has 9 heteroatoms. The number of nitrogens with one attached hydrogen (secondary N) is 1. The van der Waals surface area contributed by atoms with E-state index >= 15 is 0 Å². The van der Waals surface area contributed by atoms with Crippen LogP contribution in [0.4, 0.5) is 0 Å². The number of fused-ring (bicyclic) bond motifs is 2. The molecule has 1 amide bonds. The number of nitrogens with zero attached hydrogens (tertiary/aromatic N) is 1. The molecule has 1 saturated carbocycles. The fraction of sp³-hybridized carbons (Fsp3) is 0.421. The van der Waals surface area contributed by atoms with Crippen molar-refractivity contribution in [3.8, 4) is 5.75 Å². The van der Waals surface area contributed by atoms with Crippen molar-refractivity contribution < 1.29 is 17.9 Å². The quantitative estimate of drug-likeness (QED) is 0.749. The van der Waals surface area contributed by atoms with E-state index in [1.807, 2.05) is 11.0 Å². The number of carbonyl (C=O) groups excluding carboxylic acids is 1. The highest BCUT2D eigenvalue weighted by Gasteiger charge is 2.47. The Hall–Kier alpha value is -1.61. The van der Waals surface area contributed by atoms with Crippen LogP contribution in [0.1, 0.15) is 18.4 Å². The molecular formula is C19H21ClN2O4S2. The van der Waals surface area contributed by atoms with E-state index < -0.39 is 10.0 Å². The smallest absolute Gasteiger partial charge is 0.250 e. The zero-order valence-electron chi connectivity index (χ0n) is 15.3. The van der Waals surface area contributed by atoms with Gasteiger partial charge < -0.3 is 9.64 Å². The highest BCUT2D eigenvalue weighted by molar-refractivity contribution is 7.91. The molecule has 1 aromatic heterocycles. The Balaban J connectivity index is 1.37. The largest absolute Gasteiger partial charge is 0.495 e. The zero-order valence-corrected chi connectivity index (χ0v) is 17.7. The summed E-state index contributed by atoms with van der Waals surface area (Å²) in [5.74, 6) is 0.787. The minimum atomic E-state index is -3.48. The summed E-state index contributed by atoms with van der Waals surface area (Å²) in [6, 6.07) is 8.66. The normalized spacial score (nSPS) is 23.9. The molecule has 2 aromatic rings. The summed E-state index contributed by atoms with van der Waals surface area (Å²) in [5, 5.41) is 2.24. The first kappa shape index (κ1) is 19.7. The third-order valence-corrected chi connectivity index (χ3v) is 8.68. The lowest BCUT2D eigenvalue weighted by atomic mass is 10.0. The molecule has 2 fully saturated rings. The summed E-state index contributed by atoms with van der Waals surface area (Å²) in [6.07, 6.45) is 1.77. The molecule has 2 heterocycles. The number of amides is 1. The fourth-order valence-corrected chi connectivity index (χ4v) is 6.78. The Bertz CT molecular complexity index is 978. The van der Waals surface area contributed by atoms with Gasteiger partial charge in [0.1, 0.15) is 9.96 Å². The molecule has 150 valence electrons. The number of hydrogen-bond donors (Lipinski definition) is 1. The molecule has 1 saturated heterocycles. The number of thiophene rings is 1. The second kappa shape index (κ2) is 7.67. The molecule has 6 nitrogen and oxygen atoms in total. The zero-order chi connectivity index (χ0) is 19.9. The number of piperidine rings is 1. The Morgan fingerprint density at radius 3 is 2.79 bits per heavy atom. The molecule has 2 bridgehead atoms. The van der Waals surface area contributed by atoms with E-state index in [1.165, 1.54) is 11.3 Å². The van der Waals surface area contributed by atoms with Gasteiger partial charge in [-0.25, -0.2) is 13.1 Å². The van der Waals surface area contributed by atoms with Crippen LogP contribution >= 0.6 is 22.9 Å². The van der Waals surface area contributed by atoms with E-state index in [9.17, 15) is 13.2 Å². The molecule has 3 atom stereocenters. The molecule has 0 spiro atoms. The van der Waals surface area contributed by atoms with Gasteiger partial charge in [-0.15, -0.1) is 11.3 Å². The lowest BCUT2D eigenvalue weighted by Crippen LogP contribution is -2.47. The summed E-state index contributed by atoms with van der Waals surface area (Å²) in [7, 11) is -1.93. The minimum absolute atomic E-state index is 0.0493. The van der Waals surface area contributed by atoms with Crippen molar-refractivity contribution in [2.75, 3.05) is 13.7 Å². The van der Waals surface area contributed by atoms with Crippen molar-refractivity contribution in [2.45, 2.75) is 35.6 Å². The summed E-state index contributed by atoms with van der Waals surface area (Å²) in [4.78, 5) is 14.7. The molecule has 1 aliphatic heterocycles. The number of carbonyl (C=O) groups is 1. The van der Waals surface area contributed by atoms with Crippen LogP contribution in [0.5, 0.6) is 5.75 Å². The van der Waals surface area contributed by atoms with Crippen LogP contribution in [-0.2, 0) is 21.2 Å². The maximum atomic E-state index is 12.8. The van der Waals surface area contributed by atoms with Crippen molar-refractivity contribution in [3.05, 3.63) is 46.3 Å². The van der Waals surface area contributed by atoms with Gasteiger partial charge in [-0.05, 0) is 47.9 Å². The van der Waals surface area contributed by atoms with E-state index in [0.29, 0.717) is 27.9 Å². The van der Waals surface area contributed by atoms with Crippen molar-refractivity contribution >= 4 is 38.9 Å². The van der Waals surface area contributed by atoms with Crippen LogP contribution in [0.25, 0.3) is 0 Å². The van der Waals surface area contributed by atoms with E-state index in [4.69, 9.17) is 16.3 Å². The predicted octanol–water partition coefficient (Wildman–Crippen LogP) is 2.92. The number of methoxy groups -OCH3 is 1. The van der Waals surface area contributed by atoms with Crippen LogP contribution in [0, 0.1) is 5.92 Å².